The highest BCUT2D eigenvalue weighted by Gasteiger charge is 2.25. The Hall–Kier alpha value is -3.17. The molecule has 0 radical (unpaired) electrons. The van der Waals surface area contributed by atoms with Crippen LogP contribution >= 0.6 is 11.6 Å². The first-order valence-corrected chi connectivity index (χ1v) is 12.4. The number of piperidine rings is 1. The van der Waals surface area contributed by atoms with Crippen LogP contribution in [-0.4, -0.2) is 60.0 Å². The van der Waals surface area contributed by atoms with E-state index in [-0.39, 0.29) is 6.10 Å². The van der Waals surface area contributed by atoms with E-state index in [4.69, 9.17) is 21.1 Å². The van der Waals surface area contributed by atoms with Crippen LogP contribution in [0.3, 0.4) is 0 Å². The molecule has 1 saturated heterocycles. The second kappa shape index (κ2) is 12.5. The molecule has 1 aromatic carbocycles. The summed E-state index contributed by atoms with van der Waals surface area (Å²) in [5.74, 6) is 1.32. The van der Waals surface area contributed by atoms with Crippen molar-refractivity contribution < 1.29 is 14.3 Å². The van der Waals surface area contributed by atoms with Crippen molar-refractivity contribution in [2.75, 3.05) is 43.1 Å². The van der Waals surface area contributed by atoms with Crippen LogP contribution < -0.4 is 15.5 Å². The summed E-state index contributed by atoms with van der Waals surface area (Å²) >= 11 is 6.24. The normalized spacial score (nSPS) is 15.7. The standard InChI is InChI=1S/C25H31ClN6O3/c1-2-34-14-6-11-28-25(33)35-19-8-5-13-32(17-19)23-20-16-30-24(31-22(20)10-12-27-23)29-15-18-7-3-4-9-21(18)26/h3-4,7,9-10,12,16,19H,2,5-6,8,11,13-15,17H2,1H3,(H,28,33)(H,29,30,31). The van der Waals surface area contributed by atoms with E-state index in [0.717, 1.165) is 48.1 Å². The number of fused-ring (bicyclic) bond motifs is 1. The van der Waals surface area contributed by atoms with E-state index >= 15 is 0 Å². The predicted octanol–water partition coefficient (Wildman–Crippen LogP) is 4.41. The lowest BCUT2D eigenvalue weighted by Gasteiger charge is -2.33. The number of anilines is 2. The maximum absolute atomic E-state index is 12.2. The van der Waals surface area contributed by atoms with Gasteiger partial charge in [0.1, 0.15) is 11.9 Å². The molecule has 0 saturated carbocycles. The van der Waals surface area contributed by atoms with Crippen LogP contribution in [0.5, 0.6) is 0 Å². The first kappa shape index (κ1) is 24.9. The summed E-state index contributed by atoms with van der Waals surface area (Å²) in [6.45, 7) is 5.72. The van der Waals surface area contributed by atoms with E-state index in [1.54, 1.807) is 12.4 Å². The lowest BCUT2D eigenvalue weighted by molar-refractivity contribution is 0.0869. The highest BCUT2D eigenvalue weighted by Crippen LogP contribution is 2.27. The molecule has 1 aliphatic rings. The van der Waals surface area contributed by atoms with E-state index < -0.39 is 6.09 Å². The summed E-state index contributed by atoms with van der Waals surface area (Å²) in [5.41, 5.74) is 1.77. The molecule has 0 bridgehead atoms. The van der Waals surface area contributed by atoms with Gasteiger partial charge in [0.2, 0.25) is 5.95 Å². The van der Waals surface area contributed by atoms with Crippen molar-refractivity contribution >= 4 is 40.4 Å². The van der Waals surface area contributed by atoms with Crippen molar-refractivity contribution in [3.63, 3.8) is 0 Å². The third-order valence-electron chi connectivity index (χ3n) is 5.77. The van der Waals surface area contributed by atoms with Gasteiger partial charge < -0.3 is 25.0 Å². The van der Waals surface area contributed by atoms with Gasteiger partial charge in [0.25, 0.3) is 0 Å². The molecule has 1 unspecified atom stereocenters. The van der Waals surface area contributed by atoms with Crippen molar-refractivity contribution in [3.8, 4) is 0 Å². The number of hydrogen-bond acceptors (Lipinski definition) is 8. The largest absolute Gasteiger partial charge is 0.444 e. The predicted molar refractivity (Wildman–Crippen MR) is 137 cm³/mol. The van der Waals surface area contributed by atoms with Gasteiger partial charge in [-0.25, -0.2) is 19.7 Å². The molecule has 2 N–H and O–H groups in total. The number of nitrogens with zero attached hydrogens (tertiary/aromatic N) is 4. The first-order valence-electron chi connectivity index (χ1n) is 12.0. The van der Waals surface area contributed by atoms with Crippen LogP contribution in [0.2, 0.25) is 5.02 Å². The first-order chi connectivity index (χ1) is 17.1. The number of carbonyl (C=O) groups excluding carboxylic acids is 1. The molecule has 0 aliphatic carbocycles. The molecular formula is C25H31ClN6O3. The monoisotopic (exact) mass is 498 g/mol. The van der Waals surface area contributed by atoms with Gasteiger partial charge in [0.15, 0.2) is 0 Å². The topological polar surface area (TPSA) is 102 Å². The molecule has 2 aromatic heterocycles. The average molecular weight is 499 g/mol. The molecular weight excluding hydrogens is 468 g/mol. The third-order valence-corrected chi connectivity index (χ3v) is 6.14. The summed E-state index contributed by atoms with van der Waals surface area (Å²) in [5, 5.41) is 7.59. The zero-order valence-corrected chi connectivity index (χ0v) is 20.6. The number of alkyl carbamates (subject to hydrolysis) is 1. The lowest BCUT2D eigenvalue weighted by atomic mass is 10.1. The smallest absolute Gasteiger partial charge is 0.407 e. The number of amides is 1. The van der Waals surface area contributed by atoms with E-state index in [2.05, 4.69) is 30.5 Å². The minimum Gasteiger partial charge on any atom is -0.444 e. The van der Waals surface area contributed by atoms with Crippen LogP contribution in [0.15, 0.2) is 42.7 Å². The Labute approximate surface area is 210 Å². The molecule has 3 heterocycles. The maximum Gasteiger partial charge on any atom is 0.407 e. The molecule has 4 rings (SSSR count). The Morgan fingerprint density at radius 3 is 3.00 bits per heavy atom. The maximum atomic E-state index is 12.2. The van der Waals surface area contributed by atoms with Gasteiger partial charge in [-0.1, -0.05) is 29.8 Å². The molecule has 186 valence electrons. The Kier molecular flexibility index (Phi) is 8.91. The second-order valence-electron chi connectivity index (χ2n) is 8.30. The van der Waals surface area contributed by atoms with Crippen LogP contribution in [0.4, 0.5) is 16.6 Å². The molecule has 0 spiro atoms. The quantitative estimate of drug-likeness (QED) is 0.396. The molecule has 10 heteroatoms. The van der Waals surface area contributed by atoms with Crippen molar-refractivity contribution in [1.29, 1.82) is 0 Å². The summed E-state index contributed by atoms with van der Waals surface area (Å²) in [7, 11) is 0. The molecule has 1 aliphatic heterocycles. The number of ether oxygens (including phenoxy) is 2. The van der Waals surface area contributed by atoms with E-state index in [0.29, 0.717) is 43.8 Å². The van der Waals surface area contributed by atoms with Gasteiger partial charge in [-0.15, -0.1) is 0 Å². The van der Waals surface area contributed by atoms with Crippen molar-refractivity contribution in [2.24, 2.45) is 0 Å². The molecule has 9 nitrogen and oxygen atoms in total. The number of nitrogens with one attached hydrogen (secondary N) is 2. The Morgan fingerprint density at radius 2 is 2.14 bits per heavy atom. The lowest BCUT2D eigenvalue weighted by Crippen LogP contribution is -2.42. The van der Waals surface area contributed by atoms with Gasteiger partial charge >= 0.3 is 6.09 Å². The fourth-order valence-electron chi connectivity index (χ4n) is 4.02. The second-order valence-corrected chi connectivity index (χ2v) is 8.71. The van der Waals surface area contributed by atoms with Crippen molar-refractivity contribution in [1.82, 2.24) is 20.3 Å². The number of aromatic nitrogens is 3. The zero-order chi connectivity index (χ0) is 24.5. The van der Waals surface area contributed by atoms with Crippen LogP contribution in [-0.2, 0) is 16.0 Å². The Bertz CT molecular complexity index is 1130. The zero-order valence-electron chi connectivity index (χ0n) is 19.9. The number of rotatable bonds is 10. The Morgan fingerprint density at radius 1 is 1.26 bits per heavy atom. The summed E-state index contributed by atoms with van der Waals surface area (Å²) in [6, 6.07) is 9.55. The molecule has 35 heavy (non-hydrogen) atoms. The summed E-state index contributed by atoms with van der Waals surface area (Å²) in [6.07, 6.45) is 5.42. The highest BCUT2D eigenvalue weighted by atomic mass is 35.5. The van der Waals surface area contributed by atoms with Gasteiger partial charge in [-0.3, -0.25) is 0 Å². The van der Waals surface area contributed by atoms with Crippen molar-refractivity contribution in [3.05, 3.63) is 53.3 Å². The van der Waals surface area contributed by atoms with Crippen LogP contribution in [0.1, 0.15) is 31.7 Å². The van der Waals surface area contributed by atoms with Gasteiger partial charge in [0.05, 0.1) is 17.4 Å². The van der Waals surface area contributed by atoms with Crippen molar-refractivity contribution in [2.45, 2.75) is 38.8 Å². The van der Waals surface area contributed by atoms with Gasteiger partial charge in [-0.05, 0) is 43.9 Å². The van der Waals surface area contributed by atoms with Crippen LogP contribution in [0, 0.1) is 0 Å². The molecule has 1 amide bonds. The number of hydrogen-bond donors (Lipinski definition) is 2. The minimum atomic E-state index is -0.392. The highest BCUT2D eigenvalue weighted by molar-refractivity contribution is 6.31. The minimum absolute atomic E-state index is 0.204. The number of pyridine rings is 1. The van der Waals surface area contributed by atoms with E-state index in [9.17, 15) is 4.79 Å². The number of halogens is 1. The van der Waals surface area contributed by atoms with E-state index in [1.807, 2.05) is 37.3 Å². The molecule has 3 aromatic rings. The summed E-state index contributed by atoms with van der Waals surface area (Å²) < 4.78 is 10.9. The number of benzene rings is 1. The fourth-order valence-corrected chi connectivity index (χ4v) is 4.23. The number of carbonyl (C=O) groups is 1. The molecule has 1 fully saturated rings. The SMILES string of the molecule is CCOCCCNC(=O)OC1CCCN(c2nccc3nc(NCc4ccccc4Cl)ncc23)C1. The van der Waals surface area contributed by atoms with E-state index in [1.165, 1.54) is 0 Å². The van der Waals surface area contributed by atoms with Crippen LogP contribution in [0.25, 0.3) is 10.9 Å². The molecule has 1 atom stereocenters. The third kappa shape index (κ3) is 6.93. The van der Waals surface area contributed by atoms with Gasteiger partial charge in [0, 0.05) is 50.3 Å². The summed E-state index contributed by atoms with van der Waals surface area (Å²) in [4.78, 5) is 28.1. The fraction of sp³-hybridized carbons (Fsp3) is 0.440. The Balaban J connectivity index is 1.37. The average Bonchev–Trinajstić information content (AvgIpc) is 2.88. The van der Waals surface area contributed by atoms with Gasteiger partial charge in [-0.2, -0.15) is 0 Å².